The van der Waals surface area contributed by atoms with Crippen LogP contribution in [0.4, 0.5) is 9.18 Å². The first-order chi connectivity index (χ1) is 10.7. The van der Waals surface area contributed by atoms with Gasteiger partial charge in [0.2, 0.25) is 0 Å². The predicted molar refractivity (Wildman–Crippen MR) is 84.2 cm³/mol. The van der Waals surface area contributed by atoms with E-state index < -0.39 is 0 Å². The van der Waals surface area contributed by atoms with Gasteiger partial charge in [0.25, 0.3) is 0 Å². The van der Waals surface area contributed by atoms with E-state index in [9.17, 15) is 9.18 Å². The summed E-state index contributed by atoms with van der Waals surface area (Å²) >= 11 is 0. The van der Waals surface area contributed by atoms with Gasteiger partial charge in [-0.25, -0.2) is 9.18 Å². The summed E-state index contributed by atoms with van der Waals surface area (Å²) in [5, 5.41) is 12.0. The van der Waals surface area contributed by atoms with Gasteiger partial charge in [0.1, 0.15) is 5.82 Å². The molecule has 2 N–H and O–H groups in total. The molecule has 2 rings (SSSR count). The van der Waals surface area contributed by atoms with Crippen LogP contribution in [0.25, 0.3) is 0 Å². The number of carbonyl (C=O) groups excluding carboxylic acids is 1. The smallest absolute Gasteiger partial charge is 0.317 e. The molecule has 5 heteroatoms. The molecule has 1 aliphatic rings. The third-order valence-corrected chi connectivity index (χ3v) is 4.21. The Morgan fingerprint density at radius 2 is 2.18 bits per heavy atom. The fourth-order valence-corrected chi connectivity index (χ4v) is 2.99. The van der Waals surface area contributed by atoms with Crippen molar-refractivity contribution in [1.29, 1.82) is 0 Å². The van der Waals surface area contributed by atoms with Gasteiger partial charge >= 0.3 is 6.03 Å². The summed E-state index contributed by atoms with van der Waals surface area (Å²) in [5.41, 5.74) is 0.688. The minimum Gasteiger partial charge on any atom is -0.396 e. The highest BCUT2D eigenvalue weighted by molar-refractivity contribution is 5.74. The van der Waals surface area contributed by atoms with Crippen molar-refractivity contribution in [3.8, 4) is 0 Å². The molecule has 0 aromatic heterocycles. The van der Waals surface area contributed by atoms with Gasteiger partial charge in [-0.1, -0.05) is 18.2 Å². The van der Waals surface area contributed by atoms with Gasteiger partial charge in [-0.3, -0.25) is 0 Å². The van der Waals surface area contributed by atoms with Crippen LogP contribution in [0, 0.1) is 5.82 Å². The maximum absolute atomic E-state index is 13.5. The Labute approximate surface area is 131 Å². The minimum absolute atomic E-state index is 0.0633. The van der Waals surface area contributed by atoms with E-state index in [-0.39, 0.29) is 24.5 Å². The number of aliphatic hydroxyl groups excluding tert-OH is 1. The third kappa shape index (κ3) is 4.70. The van der Waals surface area contributed by atoms with Crippen LogP contribution in [0.1, 0.15) is 37.7 Å². The first-order valence-electron chi connectivity index (χ1n) is 8.11. The zero-order valence-corrected chi connectivity index (χ0v) is 12.9. The third-order valence-electron chi connectivity index (χ3n) is 4.21. The zero-order valence-electron chi connectivity index (χ0n) is 12.9. The number of amides is 2. The molecule has 122 valence electrons. The summed E-state index contributed by atoms with van der Waals surface area (Å²) in [6, 6.07) is 6.82. The Kier molecular flexibility index (Phi) is 6.65. The lowest BCUT2D eigenvalue weighted by atomic mass is 10.0. The van der Waals surface area contributed by atoms with Crippen LogP contribution in [-0.2, 0) is 6.42 Å². The van der Waals surface area contributed by atoms with E-state index in [2.05, 4.69) is 5.32 Å². The van der Waals surface area contributed by atoms with E-state index in [1.54, 1.807) is 12.1 Å². The van der Waals surface area contributed by atoms with E-state index in [0.29, 0.717) is 31.4 Å². The Bertz CT molecular complexity index is 479. The molecule has 0 saturated carbocycles. The number of likely N-dealkylation sites (tertiary alicyclic amines) is 1. The number of nitrogens with zero attached hydrogens (tertiary/aromatic N) is 1. The van der Waals surface area contributed by atoms with Gasteiger partial charge in [0.15, 0.2) is 0 Å². The van der Waals surface area contributed by atoms with Crippen LogP contribution in [0.15, 0.2) is 24.3 Å². The van der Waals surface area contributed by atoms with Gasteiger partial charge in [0.05, 0.1) is 0 Å². The maximum atomic E-state index is 13.5. The van der Waals surface area contributed by atoms with Crippen molar-refractivity contribution in [2.45, 2.75) is 44.6 Å². The highest BCUT2D eigenvalue weighted by Crippen LogP contribution is 2.19. The van der Waals surface area contributed by atoms with E-state index >= 15 is 0 Å². The maximum Gasteiger partial charge on any atom is 0.317 e. The number of urea groups is 1. The largest absolute Gasteiger partial charge is 0.396 e. The second kappa shape index (κ2) is 8.73. The Morgan fingerprint density at radius 1 is 1.36 bits per heavy atom. The number of hydrogen-bond donors (Lipinski definition) is 2. The van der Waals surface area contributed by atoms with Crippen LogP contribution in [0.5, 0.6) is 0 Å². The lowest BCUT2D eigenvalue weighted by Crippen LogP contribution is -2.49. The van der Waals surface area contributed by atoms with Crippen molar-refractivity contribution in [1.82, 2.24) is 10.2 Å². The highest BCUT2D eigenvalue weighted by Gasteiger charge is 2.25. The minimum atomic E-state index is -0.187. The number of aryl methyl sites for hydroxylation is 1. The monoisotopic (exact) mass is 308 g/mol. The molecule has 4 nitrogen and oxygen atoms in total. The second-order valence-corrected chi connectivity index (χ2v) is 5.78. The summed E-state index contributed by atoms with van der Waals surface area (Å²) in [7, 11) is 0. The van der Waals surface area contributed by atoms with Crippen LogP contribution >= 0.6 is 0 Å². The molecule has 0 spiro atoms. The van der Waals surface area contributed by atoms with Crippen LogP contribution < -0.4 is 5.32 Å². The molecule has 22 heavy (non-hydrogen) atoms. The number of carbonyl (C=O) groups is 1. The SMILES string of the molecule is O=C(NCCCc1ccccc1F)N1CCCCC1CCO. The van der Waals surface area contributed by atoms with Crippen LogP contribution in [0.3, 0.4) is 0 Å². The molecular formula is C17H25FN2O2. The summed E-state index contributed by atoms with van der Waals surface area (Å²) in [5.74, 6) is -0.187. The van der Waals surface area contributed by atoms with Crippen molar-refractivity contribution in [2.75, 3.05) is 19.7 Å². The Hall–Kier alpha value is -1.62. The molecule has 1 aliphatic heterocycles. The number of nitrogens with one attached hydrogen (secondary N) is 1. The van der Waals surface area contributed by atoms with Crippen molar-refractivity contribution >= 4 is 6.03 Å². The number of piperidine rings is 1. The quantitative estimate of drug-likeness (QED) is 0.794. The van der Waals surface area contributed by atoms with Gasteiger partial charge in [-0.05, 0) is 50.2 Å². The van der Waals surface area contributed by atoms with Gasteiger partial charge in [0, 0.05) is 25.7 Å². The molecule has 1 atom stereocenters. The van der Waals surface area contributed by atoms with E-state index in [1.165, 1.54) is 6.07 Å². The summed E-state index contributed by atoms with van der Waals surface area (Å²) in [6.45, 7) is 1.40. The number of halogens is 1. The van der Waals surface area contributed by atoms with Gasteiger partial charge in [-0.2, -0.15) is 0 Å². The average molecular weight is 308 g/mol. The molecule has 1 fully saturated rings. The molecule has 1 heterocycles. The second-order valence-electron chi connectivity index (χ2n) is 5.78. The fourth-order valence-electron chi connectivity index (χ4n) is 2.99. The van der Waals surface area contributed by atoms with Crippen molar-refractivity contribution in [2.24, 2.45) is 0 Å². The Balaban J connectivity index is 1.74. The molecule has 1 aromatic carbocycles. The average Bonchev–Trinajstić information content (AvgIpc) is 2.54. The molecule has 0 bridgehead atoms. The Morgan fingerprint density at radius 3 is 2.95 bits per heavy atom. The summed E-state index contributed by atoms with van der Waals surface area (Å²) in [6.07, 6.45) is 5.07. The first-order valence-corrected chi connectivity index (χ1v) is 8.11. The van der Waals surface area contributed by atoms with E-state index in [4.69, 9.17) is 5.11 Å². The van der Waals surface area contributed by atoms with Crippen molar-refractivity contribution in [3.05, 3.63) is 35.6 Å². The molecular weight excluding hydrogens is 283 g/mol. The van der Waals surface area contributed by atoms with Crippen LogP contribution in [0.2, 0.25) is 0 Å². The standard InChI is InChI=1S/C17H25FN2O2/c18-16-9-2-1-6-14(16)7-5-11-19-17(22)20-12-4-3-8-15(20)10-13-21/h1-2,6,9,15,21H,3-5,7-8,10-13H2,(H,19,22). The number of hydrogen-bond acceptors (Lipinski definition) is 2. The lowest BCUT2D eigenvalue weighted by Gasteiger charge is -2.35. The van der Waals surface area contributed by atoms with Gasteiger partial charge < -0.3 is 15.3 Å². The number of benzene rings is 1. The fraction of sp³-hybridized carbons (Fsp3) is 0.588. The van der Waals surface area contributed by atoms with E-state index in [0.717, 1.165) is 25.8 Å². The highest BCUT2D eigenvalue weighted by atomic mass is 19.1. The molecule has 1 aromatic rings. The summed E-state index contributed by atoms with van der Waals surface area (Å²) in [4.78, 5) is 14.1. The van der Waals surface area contributed by atoms with Gasteiger partial charge in [-0.15, -0.1) is 0 Å². The first kappa shape index (κ1) is 16.7. The molecule has 1 saturated heterocycles. The van der Waals surface area contributed by atoms with Crippen molar-refractivity contribution < 1.29 is 14.3 Å². The lowest BCUT2D eigenvalue weighted by molar-refractivity contribution is 0.132. The summed E-state index contributed by atoms with van der Waals surface area (Å²) < 4.78 is 13.5. The zero-order chi connectivity index (χ0) is 15.8. The molecule has 1 unspecified atom stereocenters. The molecule has 0 aliphatic carbocycles. The topological polar surface area (TPSA) is 52.6 Å². The van der Waals surface area contributed by atoms with E-state index in [1.807, 2.05) is 11.0 Å². The molecule has 0 radical (unpaired) electrons. The number of aliphatic hydroxyl groups is 1. The predicted octanol–water partition coefficient (Wildman–Crippen LogP) is 2.70. The van der Waals surface area contributed by atoms with Crippen molar-refractivity contribution in [3.63, 3.8) is 0 Å². The molecule has 2 amide bonds. The van der Waals surface area contributed by atoms with Crippen LogP contribution in [-0.4, -0.2) is 41.8 Å². The number of rotatable bonds is 6. The normalized spacial score (nSPS) is 18.3.